The van der Waals surface area contributed by atoms with Gasteiger partial charge >= 0.3 is 0 Å². The quantitative estimate of drug-likeness (QED) is 0.455. The first kappa shape index (κ1) is 21.3. The second-order valence-electron chi connectivity index (χ2n) is 10.3. The maximum absolute atomic E-state index is 2.48. The minimum Gasteiger partial charge on any atom is -0.0661 e. The fourth-order valence-electron chi connectivity index (χ4n) is 5.45. The molecule has 0 heterocycles. The number of hydrogen-bond donors (Lipinski definition) is 0. The maximum atomic E-state index is 2.48. The Bertz CT molecular complexity index is 1160. The molecule has 0 saturated carbocycles. The van der Waals surface area contributed by atoms with Crippen LogP contribution in [0.5, 0.6) is 0 Å². The van der Waals surface area contributed by atoms with Crippen LogP contribution >= 0.6 is 0 Å². The van der Waals surface area contributed by atoms with Crippen molar-refractivity contribution in [1.29, 1.82) is 0 Å². The van der Waals surface area contributed by atoms with Crippen LogP contribution in [0.25, 0.3) is 11.1 Å². The first-order valence-electron chi connectivity index (χ1n) is 12.5. The van der Waals surface area contributed by atoms with Gasteiger partial charge in [0, 0.05) is 0 Å². The summed E-state index contributed by atoms with van der Waals surface area (Å²) in [6, 6.07) is 14.5. The Balaban J connectivity index is 1.35. The third-order valence-electron chi connectivity index (χ3n) is 8.07. The lowest BCUT2D eigenvalue weighted by Gasteiger charge is -2.18. The van der Waals surface area contributed by atoms with Crippen molar-refractivity contribution < 1.29 is 0 Å². The normalized spacial score (nSPS) is 18.4. The molecule has 1 atom stereocenters. The third kappa shape index (κ3) is 4.08. The van der Waals surface area contributed by atoms with Gasteiger partial charge in [-0.15, -0.1) is 0 Å². The molecule has 3 aliphatic carbocycles. The molecule has 0 fully saturated rings. The van der Waals surface area contributed by atoms with Crippen LogP contribution in [0.15, 0.2) is 71.8 Å². The zero-order chi connectivity index (χ0) is 22.2. The fourth-order valence-corrected chi connectivity index (χ4v) is 5.45. The van der Waals surface area contributed by atoms with Crippen molar-refractivity contribution in [2.45, 2.75) is 66.2 Å². The highest BCUT2D eigenvalue weighted by atomic mass is 14.3. The molecule has 3 aliphatic rings. The molecule has 5 rings (SSSR count). The van der Waals surface area contributed by atoms with Gasteiger partial charge in [-0.3, -0.25) is 0 Å². The average molecular weight is 421 g/mol. The molecule has 0 heteroatoms. The maximum Gasteiger partial charge on any atom is -0.00201 e. The van der Waals surface area contributed by atoms with E-state index in [0.717, 1.165) is 38.5 Å². The molecule has 2 aromatic rings. The van der Waals surface area contributed by atoms with Crippen molar-refractivity contribution in [3.63, 3.8) is 0 Å². The third-order valence-corrected chi connectivity index (χ3v) is 8.07. The van der Waals surface area contributed by atoms with Crippen LogP contribution in [0.2, 0.25) is 0 Å². The molecule has 0 radical (unpaired) electrons. The van der Waals surface area contributed by atoms with Crippen molar-refractivity contribution in [1.82, 2.24) is 0 Å². The molecule has 1 unspecified atom stereocenters. The molecule has 0 nitrogen and oxygen atoms in total. The number of benzene rings is 2. The zero-order valence-corrected chi connectivity index (χ0v) is 20.2. The summed E-state index contributed by atoms with van der Waals surface area (Å²) in [6.45, 7) is 9.29. The average Bonchev–Trinajstić information content (AvgIpc) is 3.45. The fraction of sp³-hybridized carbons (Fsp3) is 0.375. The van der Waals surface area contributed by atoms with Gasteiger partial charge < -0.3 is 0 Å². The van der Waals surface area contributed by atoms with Gasteiger partial charge in [0.1, 0.15) is 0 Å². The van der Waals surface area contributed by atoms with E-state index in [1.807, 2.05) is 0 Å². The summed E-state index contributed by atoms with van der Waals surface area (Å²) in [4.78, 5) is 0. The number of aryl methyl sites for hydroxylation is 2. The van der Waals surface area contributed by atoms with Crippen molar-refractivity contribution >= 4 is 11.1 Å². The van der Waals surface area contributed by atoms with E-state index >= 15 is 0 Å². The Labute approximate surface area is 194 Å². The lowest BCUT2D eigenvalue weighted by Crippen LogP contribution is -2.06. The molecular formula is C32H36. The summed E-state index contributed by atoms with van der Waals surface area (Å²) in [5.74, 6) is 1.36. The lowest BCUT2D eigenvalue weighted by atomic mass is 9.87. The molecule has 0 saturated heterocycles. The van der Waals surface area contributed by atoms with Crippen LogP contribution in [-0.2, 0) is 19.3 Å². The molecule has 0 aliphatic heterocycles. The highest BCUT2D eigenvalue weighted by Crippen LogP contribution is 2.37. The van der Waals surface area contributed by atoms with Crippen molar-refractivity contribution in [3.05, 3.63) is 105 Å². The van der Waals surface area contributed by atoms with Gasteiger partial charge in [0.2, 0.25) is 0 Å². The van der Waals surface area contributed by atoms with Gasteiger partial charge in [-0.05, 0) is 94.9 Å². The molecule has 164 valence electrons. The SMILES string of the molecule is CCC1=CC=C(c2ccc3c(c2)CCc2ccc(C4=CC=C(C(C)C(C)C)C4)cc2C3)C1. The Morgan fingerprint density at radius 1 is 0.656 bits per heavy atom. The smallest absolute Gasteiger partial charge is 0.00201 e. The number of rotatable bonds is 5. The summed E-state index contributed by atoms with van der Waals surface area (Å²) in [6.07, 6.45) is 16.1. The van der Waals surface area contributed by atoms with Crippen LogP contribution in [0.1, 0.15) is 80.3 Å². The van der Waals surface area contributed by atoms with Crippen molar-refractivity contribution in [2.24, 2.45) is 11.8 Å². The summed E-state index contributed by atoms with van der Waals surface area (Å²) in [5.41, 5.74) is 15.1. The van der Waals surface area contributed by atoms with E-state index in [0.29, 0.717) is 11.8 Å². The molecule has 2 aromatic carbocycles. The lowest BCUT2D eigenvalue weighted by molar-refractivity contribution is 0.476. The first-order valence-corrected chi connectivity index (χ1v) is 12.5. The van der Waals surface area contributed by atoms with E-state index in [9.17, 15) is 0 Å². The van der Waals surface area contributed by atoms with E-state index in [-0.39, 0.29) is 0 Å². The minimum absolute atomic E-state index is 0.657. The second-order valence-corrected chi connectivity index (χ2v) is 10.3. The number of allylic oxidation sites excluding steroid dienone is 8. The molecular weight excluding hydrogens is 384 g/mol. The Morgan fingerprint density at radius 2 is 1.31 bits per heavy atom. The predicted octanol–water partition coefficient (Wildman–Crippen LogP) is 8.51. The molecule has 32 heavy (non-hydrogen) atoms. The predicted molar refractivity (Wildman–Crippen MR) is 139 cm³/mol. The molecule has 0 amide bonds. The van der Waals surface area contributed by atoms with E-state index in [1.165, 1.54) is 39.0 Å². The van der Waals surface area contributed by atoms with Gasteiger partial charge in [-0.25, -0.2) is 0 Å². The monoisotopic (exact) mass is 420 g/mol. The van der Waals surface area contributed by atoms with E-state index < -0.39 is 0 Å². The van der Waals surface area contributed by atoms with Gasteiger partial charge in [0.25, 0.3) is 0 Å². The van der Waals surface area contributed by atoms with Gasteiger partial charge in [0.15, 0.2) is 0 Å². The highest BCUT2D eigenvalue weighted by Gasteiger charge is 2.20. The summed E-state index contributed by atoms with van der Waals surface area (Å²) >= 11 is 0. The van der Waals surface area contributed by atoms with Gasteiger partial charge in [-0.2, -0.15) is 0 Å². The number of hydrogen-bond acceptors (Lipinski definition) is 0. The Morgan fingerprint density at radius 3 is 2.03 bits per heavy atom. The van der Waals surface area contributed by atoms with Crippen LogP contribution in [0.4, 0.5) is 0 Å². The van der Waals surface area contributed by atoms with Crippen molar-refractivity contribution in [2.75, 3.05) is 0 Å². The largest absolute Gasteiger partial charge is 0.0661 e. The Kier molecular flexibility index (Phi) is 5.80. The van der Waals surface area contributed by atoms with Gasteiger partial charge in [-0.1, -0.05) is 99.5 Å². The van der Waals surface area contributed by atoms with Crippen LogP contribution in [-0.4, -0.2) is 0 Å². The zero-order valence-electron chi connectivity index (χ0n) is 20.2. The van der Waals surface area contributed by atoms with Crippen LogP contribution < -0.4 is 0 Å². The molecule has 0 N–H and O–H groups in total. The van der Waals surface area contributed by atoms with E-state index in [1.54, 1.807) is 16.7 Å². The Hall–Kier alpha value is -2.60. The first-order chi connectivity index (χ1) is 15.5. The van der Waals surface area contributed by atoms with Crippen LogP contribution in [0.3, 0.4) is 0 Å². The topological polar surface area (TPSA) is 0 Å². The molecule has 0 bridgehead atoms. The number of fused-ring (bicyclic) bond motifs is 2. The molecule has 0 spiro atoms. The highest BCUT2D eigenvalue weighted by molar-refractivity contribution is 5.74. The van der Waals surface area contributed by atoms with E-state index in [4.69, 9.17) is 0 Å². The summed E-state index contributed by atoms with van der Waals surface area (Å²) in [7, 11) is 0. The summed E-state index contributed by atoms with van der Waals surface area (Å²) in [5, 5.41) is 0. The van der Waals surface area contributed by atoms with Crippen molar-refractivity contribution in [3.8, 4) is 0 Å². The van der Waals surface area contributed by atoms with Gasteiger partial charge in [0.05, 0.1) is 0 Å². The van der Waals surface area contributed by atoms with E-state index in [2.05, 4.69) is 88.4 Å². The molecule has 0 aromatic heterocycles. The summed E-state index contributed by atoms with van der Waals surface area (Å²) < 4.78 is 0. The standard InChI is InChI=1S/C32H36/c1-5-23-6-7-26(16-23)28-14-15-31-20-32-19-30(12-9-24(32)8-11-29(31)18-28)27-13-10-25(17-27)22(4)21(2)3/h6-7,9-10,12-15,18-19,21-22H,5,8,11,16-17,20H2,1-4H3. The minimum atomic E-state index is 0.657. The van der Waals surface area contributed by atoms with Crippen LogP contribution in [0, 0.1) is 11.8 Å². The second kappa shape index (κ2) is 8.74.